The van der Waals surface area contributed by atoms with Crippen LogP contribution in [0.2, 0.25) is 0 Å². The number of carbonyl (C=O) groups excluding carboxylic acids is 1. The smallest absolute Gasteiger partial charge is 0.370 e. The van der Waals surface area contributed by atoms with E-state index in [0.717, 1.165) is 0 Å². The number of carbonyl (C=O) groups is 1. The number of nitrogens with two attached hydrogens (primary N) is 1. The third kappa shape index (κ3) is 5.33. The molecule has 100 valence electrons. The average molecular weight is 431 g/mol. The van der Waals surface area contributed by atoms with E-state index >= 15 is 0 Å². The molecule has 0 spiro atoms. The molecule has 0 aliphatic heterocycles. The van der Waals surface area contributed by atoms with Crippen LogP contribution >= 0.6 is 0 Å². The zero-order valence-corrected chi connectivity index (χ0v) is 11.4. The van der Waals surface area contributed by atoms with E-state index in [9.17, 15) is 4.79 Å². The summed E-state index contributed by atoms with van der Waals surface area (Å²) < 4.78 is 0. The Morgan fingerprint density at radius 2 is 1.83 bits per heavy atom. The number of fused-ring (bicyclic) bond motifs is 1. The number of rotatable bonds is 1. The number of aromatic nitrogens is 1. The maximum atomic E-state index is 9.66. The molecule has 18 heavy (non-hydrogen) atoms. The van der Waals surface area contributed by atoms with E-state index in [1.807, 2.05) is 30.6 Å². The second-order valence-corrected chi connectivity index (χ2v) is 3.03. The molecule has 0 radical (unpaired) electrons. The minimum atomic E-state index is -2.12. The molecule has 0 unspecified atom stereocenters. The Hall–Kier alpha value is -1.33. The first kappa shape index (κ1) is 16.7. The third-order valence-corrected chi connectivity index (χ3v) is 1.88. The second-order valence-electron chi connectivity index (χ2n) is 3.03. The molecule has 0 bridgehead atoms. The molecule has 1 aromatic heterocycles. The number of pyridine rings is 1. The molecule has 0 amide bonds. The van der Waals surface area contributed by atoms with Crippen LogP contribution in [0.3, 0.4) is 0 Å². The molecule has 0 aliphatic rings. The topological polar surface area (TPSA) is 106 Å². The quantitative estimate of drug-likeness (QED) is 0.432. The van der Waals surface area contributed by atoms with Crippen LogP contribution in [-0.4, -0.2) is 27.5 Å². The van der Waals surface area contributed by atoms with Gasteiger partial charge < -0.3 is 15.1 Å². The average Bonchev–Trinajstić information content (AvgIpc) is 2.38. The van der Waals surface area contributed by atoms with Gasteiger partial charge in [-0.2, -0.15) is 5.90 Å². The van der Waals surface area contributed by atoms with Crippen molar-refractivity contribution in [2.24, 2.45) is 5.90 Å². The Kier molecular flexibility index (Phi) is 8.07. The fourth-order valence-corrected chi connectivity index (χ4v) is 1.09. The van der Waals surface area contributed by atoms with Crippen molar-refractivity contribution in [3.63, 3.8) is 0 Å². The van der Waals surface area contributed by atoms with Crippen molar-refractivity contribution in [3.05, 3.63) is 42.7 Å². The number of hydrogen-bond acceptors (Lipinski definition) is 6. The fourth-order valence-electron chi connectivity index (χ4n) is 1.09. The molecule has 0 saturated heterocycles. The minimum absolute atomic E-state index is 0. The van der Waals surface area contributed by atoms with E-state index in [1.54, 1.807) is 0 Å². The van der Waals surface area contributed by atoms with Gasteiger partial charge in [0.1, 0.15) is 0 Å². The first-order chi connectivity index (χ1) is 8.15. The van der Waals surface area contributed by atoms with E-state index < -0.39 is 12.3 Å². The van der Waals surface area contributed by atoms with Gasteiger partial charge in [-0.25, -0.2) is 4.79 Å². The van der Waals surface area contributed by atoms with Crippen LogP contribution in [0.25, 0.3) is 10.8 Å². The Morgan fingerprint density at radius 1 is 1.22 bits per heavy atom. The van der Waals surface area contributed by atoms with Crippen molar-refractivity contribution in [1.82, 2.24) is 4.98 Å². The summed E-state index contributed by atoms with van der Waals surface area (Å²) in [5.41, 5.74) is 0. The SMILES string of the molecule is NOC(=O)C(O)O.[Pt].c1ccc2cnccc2c1. The van der Waals surface area contributed by atoms with E-state index in [-0.39, 0.29) is 21.1 Å². The molecule has 4 N–H and O–H groups in total. The van der Waals surface area contributed by atoms with Crippen molar-refractivity contribution < 1.29 is 40.9 Å². The van der Waals surface area contributed by atoms with Crippen molar-refractivity contribution in [2.75, 3.05) is 0 Å². The van der Waals surface area contributed by atoms with Crippen LogP contribution in [0.1, 0.15) is 0 Å². The van der Waals surface area contributed by atoms with Gasteiger partial charge in [-0.3, -0.25) is 4.98 Å². The van der Waals surface area contributed by atoms with E-state index in [4.69, 9.17) is 10.2 Å². The predicted octanol–water partition coefficient (Wildman–Crippen LogP) is -0.0537. The summed E-state index contributed by atoms with van der Waals surface area (Å²) in [5.74, 6) is 2.94. The first-order valence-electron chi connectivity index (χ1n) is 4.70. The summed E-state index contributed by atoms with van der Waals surface area (Å²) in [6.45, 7) is 0. The number of nitrogens with zero attached hydrogens (tertiary/aromatic N) is 1. The van der Waals surface area contributed by atoms with Gasteiger partial charge in [0.15, 0.2) is 0 Å². The van der Waals surface area contributed by atoms with Gasteiger partial charge in [-0.05, 0) is 16.8 Å². The number of benzene rings is 1. The van der Waals surface area contributed by atoms with Crippen molar-refractivity contribution >= 4 is 16.7 Å². The third-order valence-electron chi connectivity index (χ3n) is 1.88. The summed E-state index contributed by atoms with van der Waals surface area (Å²) in [4.78, 5) is 17.0. The molecular weight excluding hydrogens is 419 g/mol. The maximum Gasteiger partial charge on any atom is 0.381 e. The van der Waals surface area contributed by atoms with Crippen LogP contribution in [-0.2, 0) is 30.7 Å². The minimum Gasteiger partial charge on any atom is -0.370 e. The predicted molar refractivity (Wildman–Crippen MR) is 60.2 cm³/mol. The summed E-state index contributed by atoms with van der Waals surface area (Å²) in [7, 11) is 0. The van der Waals surface area contributed by atoms with E-state index in [2.05, 4.69) is 27.9 Å². The summed E-state index contributed by atoms with van der Waals surface area (Å²) >= 11 is 0. The Labute approximate surface area is 118 Å². The van der Waals surface area contributed by atoms with Crippen LogP contribution in [0, 0.1) is 0 Å². The Morgan fingerprint density at radius 3 is 2.28 bits per heavy atom. The first-order valence-corrected chi connectivity index (χ1v) is 4.70. The zero-order chi connectivity index (χ0) is 12.7. The molecule has 6 nitrogen and oxygen atoms in total. The van der Waals surface area contributed by atoms with E-state index in [1.165, 1.54) is 10.8 Å². The van der Waals surface area contributed by atoms with Gasteiger partial charge in [0.05, 0.1) is 0 Å². The van der Waals surface area contributed by atoms with E-state index in [0.29, 0.717) is 0 Å². The Balaban J connectivity index is 0.000000326. The zero-order valence-electron chi connectivity index (χ0n) is 9.17. The molecule has 1 aromatic carbocycles. The molecule has 7 heteroatoms. The van der Waals surface area contributed by atoms with Gasteiger partial charge in [0.25, 0.3) is 6.29 Å². The molecule has 0 atom stereocenters. The molecule has 0 saturated carbocycles. The van der Waals surface area contributed by atoms with Crippen LogP contribution < -0.4 is 5.90 Å². The van der Waals surface area contributed by atoms with Crippen LogP contribution in [0.4, 0.5) is 0 Å². The summed E-state index contributed by atoms with van der Waals surface area (Å²) in [5, 5.41) is 18.1. The second kappa shape index (κ2) is 8.71. The normalized spacial score (nSPS) is 9.11. The molecule has 1 heterocycles. The standard InChI is InChI=1S/C9H7N.C2H5NO4.Pt/c1-2-4-9-7-10-6-5-8(9)3-1;3-7-2(6)1(4)5;/h1-7H;1,4-5H,3H2;. The van der Waals surface area contributed by atoms with Gasteiger partial charge >= 0.3 is 5.97 Å². The molecule has 2 aromatic rings. The van der Waals surface area contributed by atoms with Gasteiger partial charge in [0, 0.05) is 33.5 Å². The van der Waals surface area contributed by atoms with Crippen LogP contribution in [0.15, 0.2) is 42.7 Å². The summed E-state index contributed by atoms with van der Waals surface area (Å²) in [6, 6.07) is 10.2. The van der Waals surface area contributed by atoms with Gasteiger partial charge in [-0.1, -0.05) is 24.3 Å². The monoisotopic (exact) mass is 431 g/mol. The van der Waals surface area contributed by atoms with Crippen molar-refractivity contribution in [2.45, 2.75) is 6.29 Å². The Bertz CT molecular complexity index is 428. The van der Waals surface area contributed by atoms with Crippen molar-refractivity contribution in [1.29, 1.82) is 0 Å². The number of hydrogen-bond donors (Lipinski definition) is 3. The maximum absolute atomic E-state index is 9.66. The number of aliphatic hydroxyl groups is 2. The molecule has 0 fully saturated rings. The largest absolute Gasteiger partial charge is 0.381 e. The molecular formula is C11H12N2O4Pt. The van der Waals surface area contributed by atoms with Crippen molar-refractivity contribution in [3.8, 4) is 0 Å². The van der Waals surface area contributed by atoms with Crippen LogP contribution in [0.5, 0.6) is 0 Å². The molecule has 0 aliphatic carbocycles. The van der Waals surface area contributed by atoms with Gasteiger partial charge in [-0.15, -0.1) is 0 Å². The summed E-state index contributed by atoms with van der Waals surface area (Å²) in [6.07, 6.45) is 1.56. The molecule has 2 rings (SSSR count). The number of aliphatic hydroxyl groups excluding tert-OH is 1. The fraction of sp³-hybridized carbons (Fsp3) is 0.0909. The van der Waals surface area contributed by atoms with Gasteiger partial charge in [0.2, 0.25) is 0 Å².